The SMILES string of the molecule is C[C@H](CO)CO/C=C/[C@H](N)C(=O)O. The molecule has 5 nitrogen and oxygen atoms in total. The van der Waals surface area contributed by atoms with E-state index >= 15 is 0 Å². The second-order valence-corrected chi connectivity index (χ2v) is 2.81. The summed E-state index contributed by atoms with van der Waals surface area (Å²) in [4.78, 5) is 10.2. The molecule has 5 heteroatoms. The molecule has 0 aromatic heterocycles. The van der Waals surface area contributed by atoms with Gasteiger partial charge in [0.05, 0.1) is 12.9 Å². The van der Waals surface area contributed by atoms with Crippen LogP contribution in [0.25, 0.3) is 0 Å². The van der Waals surface area contributed by atoms with Gasteiger partial charge in [-0.15, -0.1) is 0 Å². The van der Waals surface area contributed by atoms with E-state index in [1.165, 1.54) is 12.3 Å². The Morgan fingerprint density at radius 2 is 2.31 bits per heavy atom. The average Bonchev–Trinajstić information content (AvgIpc) is 2.11. The first-order valence-corrected chi connectivity index (χ1v) is 3.95. The topological polar surface area (TPSA) is 92.8 Å². The van der Waals surface area contributed by atoms with E-state index in [0.29, 0.717) is 6.61 Å². The number of rotatable bonds is 6. The molecule has 4 N–H and O–H groups in total. The van der Waals surface area contributed by atoms with Crippen LogP contribution >= 0.6 is 0 Å². The molecule has 0 heterocycles. The average molecular weight is 189 g/mol. The highest BCUT2D eigenvalue weighted by molar-refractivity contribution is 5.75. The molecule has 0 aliphatic carbocycles. The van der Waals surface area contributed by atoms with E-state index in [1.807, 2.05) is 6.92 Å². The van der Waals surface area contributed by atoms with Crippen LogP contribution in [0.1, 0.15) is 6.92 Å². The quantitative estimate of drug-likeness (QED) is 0.492. The molecule has 0 rings (SSSR count). The minimum absolute atomic E-state index is 0.0331. The maximum atomic E-state index is 10.2. The van der Waals surface area contributed by atoms with Gasteiger partial charge in [-0.2, -0.15) is 0 Å². The summed E-state index contributed by atoms with van der Waals surface area (Å²) in [6, 6.07) is -1.04. The van der Waals surface area contributed by atoms with Crippen LogP contribution in [0.15, 0.2) is 12.3 Å². The normalized spacial score (nSPS) is 15.6. The smallest absolute Gasteiger partial charge is 0.324 e. The third kappa shape index (κ3) is 6.12. The van der Waals surface area contributed by atoms with E-state index in [0.717, 1.165) is 0 Å². The van der Waals surface area contributed by atoms with Crippen LogP contribution in [0.3, 0.4) is 0 Å². The van der Waals surface area contributed by atoms with Crippen molar-refractivity contribution in [3.05, 3.63) is 12.3 Å². The number of ether oxygens (including phenoxy) is 1. The van der Waals surface area contributed by atoms with Crippen molar-refractivity contribution in [1.29, 1.82) is 0 Å². The van der Waals surface area contributed by atoms with Gasteiger partial charge in [-0.25, -0.2) is 0 Å². The summed E-state index contributed by atoms with van der Waals surface area (Å²) in [7, 11) is 0. The number of nitrogens with two attached hydrogens (primary N) is 1. The summed E-state index contributed by atoms with van der Waals surface area (Å²) in [5.41, 5.74) is 5.15. The molecule has 0 aromatic carbocycles. The van der Waals surface area contributed by atoms with E-state index in [4.69, 9.17) is 20.7 Å². The van der Waals surface area contributed by atoms with Crippen LogP contribution in [0.4, 0.5) is 0 Å². The van der Waals surface area contributed by atoms with Crippen molar-refractivity contribution in [3.63, 3.8) is 0 Å². The predicted molar refractivity (Wildman–Crippen MR) is 47.0 cm³/mol. The lowest BCUT2D eigenvalue weighted by Gasteiger charge is -2.06. The van der Waals surface area contributed by atoms with Crippen molar-refractivity contribution in [2.45, 2.75) is 13.0 Å². The van der Waals surface area contributed by atoms with Crippen molar-refractivity contribution in [2.75, 3.05) is 13.2 Å². The van der Waals surface area contributed by atoms with Crippen molar-refractivity contribution in [1.82, 2.24) is 0 Å². The Labute approximate surface area is 76.8 Å². The third-order valence-electron chi connectivity index (χ3n) is 1.36. The molecule has 0 amide bonds. The van der Waals surface area contributed by atoms with Crippen LogP contribution in [-0.2, 0) is 9.53 Å². The fourth-order valence-electron chi connectivity index (χ4n) is 0.495. The van der Waals surface area contributed by atoms with Gasteiger partial charge < -0.3 is 20.7 Å². The first-order valence-electron chi connectivity index (χ1n) is 3.95. The fraction of sp³-hybridized carbons (Fsp3) is 0.625. The standard InChI is InChI=1S/C8H15NO4/c1-6(4-10)5-13-3-2-7(9)8(11)12/h2-3,6-7,10H,4-5,9H2,1H3,(H,11,12)/b3-2+/t6-,7+/m1/s1. The van der Waals surface area contributed by atoms with Gasteiger partial charge in [0, 0.05) is 12.5 Å². The van der Waals surface area contributed by atoms with Crippen molar-refractivity contribution in [2.24, 2.45) is 11.7 Å². The Morgan fingerprint density at radius 1 is 1.69 bits per heavy atom. The number of aliphatic carboxylic acids is 1. The van der Waals surface area contributed by atoms with E-state index in [-0.39, 0.29) is 12.5 Å². The number of aliphatic hydroxyl groups excluding tert-OH is 1. The van der Waals surface area contributed by atoms with Gasteiger partial charge in [0.25, 0.3) is 0 Å². The van der Waals surface area contributed by atoms with E-state index in [1.54, 1.807) is 0 Å². The molecule has 0 unspecified atom stereocenters. The number of aliphatic hydroxyl groups is 1. The highest BCUT2D eigenvalue weighted by Crippen LogP contribution is 1.94. The van der Waals surface area contributed by atoms with Gasteiger partial charge in [0.2, 0.25) is 0 Å². The van der Waals surface area contributed by atoms with Crippen LogP contribution in [0.5, 0.6) is 0 Å². The van der Waals surface area contributed by atoms with Crippen molar-refractivity contribution < 1.29 is 19.7 Å². The van der Waals surface area contributed by atoms with Gasteiger partial charge in [0.1, 0.15) is 6.04 Å². The zero-order valence-corrected chi connectivity index (χ0v) is 7.51. The zero-order valence-electron chi connectivity index (χ0n) is 7.51. The summed E-state index contributed by atoms with van der Waals surface area (Å²) in [6.07, 6.45) is 2.48. The first-order chi connectivity index (χ1) is 6.07. The Balaban J connectivity index is 3.57. The molecule has 2 atom stereocenters. The monoisotopic (exact) mass is 189 g/mol. The third-order valence-corrected chi connectivity index (χ3v) is 1.36. The highest BCUT2D eigenvalue weighted by atomic mass is 16.5. The Hall–Kier alpha value is -1.07. The summed E-state index contributed by atoms with van der Waals surface area (Å²) >= 11 is 0. The predicted octanol–water partition coefficient (Wildman–Crippen LogP) is -0.443. The summed E-state index contributed by atoms with van der Waals surface area (Å²) in [5, 5.41) is 17.0. The van der Waals surface area contributed by atoms with Gasteiger partial charge in [0.15, 0.2) is 0 Å². The summed E-state index contributed by atoms with van der Waals surface area (Å²) in [5.74, 6) is -1.07. The number of carbonyl (C=O) groups is 1. The molecule has 0 spiro atoms. The van der Waals surface area contributed by atoms with Gasteiger partial charge in [-0.05, 0) is 6.08 Å². The van der Waals surface area contributed by atoms with Crippen LogP contribution < -0.4 is 5.73 Å². The Bertz CT molecular complexity index is 181. The number of carboxylic acid groups (broad SMARTS) is 1. The molecule has 0 aliphatic rings. The second kappa shape index (κ2) is 6.45. The molecule has 0 bridgehead atoms. The van der Waals surface area contributed by atoms with E-state index in [2.05, 4.69) is 0 Å². The largest absolute Gasteiger partial charge is 0.501 e. The summed E-state index contributed by atoms with van der Waals surface area (Å²) < 4.78 is 4.92. The number of hydrogen-bond acceptors (Lipinski definition) is 4. The first kappa shape index (κ1) is 11.9. The number of carboxylic acids is 1. The van der Waals surface area contributed by atoms with E-state index < -0.39 is 12.0 Å². The molecule has 76 valence electrons. The van der Waals surface area contributed by atoms with Crippen LogP contribution in [0.2, 0.25) is 0 Å². The van der Waals surface area contributed by atoms with Gasteiger partial charge >= 0.3 is 5.97 Å². The summed E-state index contributed by atoms with van der Waals surface area (Å²) in [6.45, 7) is 2.20. The number of hydrogen-bond donors (Lipinski definition) is 3. The second-order valence-electron chi connectivity index (χ2n) is 2.81. The van der Waals surface area contributed by atoms with Crippen molar-refractivity contribution >= 4 is 5.97 Å². The molecule has 0 fully saturated rings. The van der Waals surface area contributed by atoms with Crippen LogP contribution in [0, 0.1) is 5.92 Å². The van der Waals surface area contributed by atoms with Crippen LogP contribution in [-0.4, -0.2) is 35.4 Å². The zero-order chi connectivity index (χ0) is 10.3. The Morgan fingerprint density at radius 3 is 2.77 bits per heavy atom. The lowest BCUT2D eigenvalue weighted by Crippen LogP contribution is -2.27. The fourth-order valence-corrected chi connectivity index (χ4v) is 0.495. The molecule has 0 saturated heterocycles. The van der Waals surface area contributed by atoms with E-state index in [9.17, 15) is 4.79 Å². The maximum absolute atomic E-state index is 10.2. The molecule has 0 radical (unpaired) electrons. The molecule has 0 aromatic rings. The van der Waals surface area contributed by atoms with Crippen molar-refractivity contribution in [3.8, 4) is 0 Å². The van der Waals surface area contributed by atoms with Gasteiger partial charge in [-0.3, -0.25) is 4.79 Å². The lowest BCUT2D eigenvalue weighted by molar-refractivity contribution is -0.137. The Kier molecular flexibility index (Phi) is 5.92. The molecule has 13 heavy (non-hydrogen) atoms. The molecule has 0 aliphatic heterocycles. The highest BCUT2D eigenvalue weighted by Gasteiger charge is 2.05. The molecular formula is C8H15NO4. The molecular weight excluding hydrogens is 174 g/mol. The lowest BCUT2D eigenvalue weighted by atomic mass is 10.2. The molecule has 0 saturated carbocycles. The maximum Gasteiger partial charge on any atom is 0.324 e. The minimum Gasteiger partial charge on any atom is -0.501 e. The minimum atomic E-state index is -1.10. The van der Waals surface area contributed by atoms with Gasteiger partial charge in [-0.1, -0.05) is 6.92 Å².